The first-order valence-corrected chi connectivity index (χ1v) is 7.17. The lowest BCUT2D eigenvalue weighted by Gasteiger charge is -2.23. The first-order valence-electron chi connectivity index (χ1n) is 7.17. The van der Waals surface area contributed by atoms with E-state index in [9.17, 15) is 4.79 Å². The predicted octanol–water partition coefficient (Wildman–Crippen LogP) is 1.03. The normalized spacial score (nSPS) is 21.5. The van der Waals surface area contributed by atoms with E-state index in [0.29, 0.717) is 11.1 Å². The van der Waals surface area contributed by atoms with E-state index < -0.39 is 0 Å². The Labute approximate surface area is 114 Å². The molecule has 5 nitrogen and oxygen atoms in total. The van der Waals surface area contributed by atoms with Crippen LogP contribution in [0.2, 0.25) is 0 Å². The van der Waals surface area contributed by atoms with E-state index in [-0.39, 0.29) is 5.91 Å². The molecule has 1 aliphatic carbocycles. The Balaban J connectivity index is 1.51. The minimum atomic E-state index is -0.00676. The quantitative estimate of drug-likeness (QED) is 0.862. The Bertz CT molecular complexity index is 458. The number of hydrogen-bond donors (Lipinski definition) is 1. The van der Waals surface area contributed by atoms with Gasteiger partial charge in [-0.15, -0.1) is 0 Å². The van der Waals surface area contributed by atoms with Gasteiger partial charge in [-0.05, 0) is 44.8 Å². The molecule has 1 N–H and O–H groups in total. The third kappa shape index (κ3) is 2.81. The highest BCUT2D eigenvalue weighted by Crippen LogP contribution is 2.46. The van der Waals surface area contributed by atoms with Crippen LogP contribution < -0.4 is 5.32 Å². The van der Waals surface area contributed by atoms with Crippen LogP contribution in [-0.2, 0) is 7.05 Å². The SMILES string of the molecule is Cn1nccc1C(=O)NCC1(CN2CCCC2)CC1. The molecule has 1 aromatic heterocycles. The maximum atomic E-state index is 12.1. The molecule has 5 heteroatoms. The fraction of sp³-hybridized carbons (Fsp3) is 0.714. The lowest BCUT2D eigenvalue weighted by molar-refractivity contribution is 0.0930. The highest BCUT2D eigenvalue weighted by Gasteiger charge is 2.44. The van der Waals surface area contributed by atoms with E-state index in [1.165, 1.54) is 38.8 Å². The van der Waals surface area contributed by atoms with Crippen molar-refractivity contribution >= 4 is 5.91 Å². The maximum absolute atomic E-state index is 12.1. The number of amides is 1. The molecule has 2 fully saturated rings. The molecule has 104 valence electrons. The second kappa shape index (κ2) is 4.96. The lowest BCUT2D eigenvalue weighted by Crippen LogP contribution is -2.37. The molecule has 0 atom stereocenters. The maximum Gasteiger partial charge on any atom is 0.269 e. The molecule has 19 heavy (non-hydrogen) atoms. The van der Waals surface area contributed by atoms with Crippen molar-refractivity contribution in [1.29, 1.82) is 0 Å². The number of aromatic nitrogens is 2. The first-order chi connectivity index (χ1) is 9.19. The fourth-order valence-electron chi connectivity index (χ4n) is 2.94. The highest BCUT2D eigenvalue weighted by molar-refractivity contribution is 5.92. The number of carbonyl (C=O) groups is 1. The van der Waals surface area contributed by atoms with Crippen LogP contribution in [0.4, 0.5) is 0 Å². The van der Waals surface area contributed by atoms with Crippen molar-refractivity contribution in [1.82, 2.24) is 20.0 Å². The van der Waals surface area contributed by atoms with Crippen molar-refractivity contribution in [2.45, 2.75) is 25.7 Å². The molecular weight excluding hydrogens is 240 g/mol. The minimum Gasteiger partial charge on any atom is -0.350 e. The summed E-state index contributed by atoms with van der Waals surface area (Å²) in [6.45, 7) is 4.42. The summed E-state index contributed by atoms with van der Waals surface area (Å²) in [5.41, 5.74) is 0.982. The molecule has 1 aliphatic heterocycles. The van der Waals surface area contributed by atoms with Gasteiger partial charge in [-0.25, -0.2) is 0 Å². The van der Waals surface area contributed by atoms with E-state index in [1.54, 1.807) is 24.0 Å². The molecule has 2 aliphatic rings. The van der Waals surface area contributed by atoms with Gasteiger partial charge in [-0.2, -0.15) is 5.10 Å². The average molecular weight is 262 g/mol. The molecule has 0 aromatic carbocycles. The Morgan fingerprint density at radius 2 is 2.16 bits per heavy atom. The zero-order chi connectivity index (χ0) is 13.3. The van der Waals surface area contributed by atoms with Crippen molar-refractivity contribution in [3.05, 3.63) is 18.0 Å². The topological polar surface area (TPSA) is 50.2 Å². The van der Waals surface area contributed by atoms with E-state index in [1.807, 2.05) is 0 Å². The Kier molecular flexibility index (Phi) is 3.31. The van der Waals surface area contributed by atoms with Crippen LogP contribution in [-0.4, -0.2) is 46.8 Å². The van der Waals surface area contributed by atoms with E-state index >= 15 is 0 Å². The summed E-state index contributed by atoms with van der Waals surface area (Å²) in [5.74, 6) is -0.00676. The van der Waals surface area contributed by atoms with Crippen LogP contribution in [0.25, 0.3) is 0 Å². The number of hydrogen-bond acceptors (Lipinski definition) is 3. The van der Waals surface area contributed by atoms with E-state index in [0.717, 1.165) is 13.1 Å². The number of nitrogens with one attached hydrogen (secondary N) is 1. The van der Waals surface area contributed by atoms with Gasteiger partial charge in [0.1, 0.15) is 5.69 Å². The molecule has 1 aromatic rings. The summed E-state index contributed by atoms with van der Waals surface area (Å²) < 4.78 is 1.62. The molecule has 0 bridgehead atoms. The summed E-state index contributed by atoms with van der Waals surface area (Å²) in [6, 6.07) is 1.76. The van der Waals surface area contributed by atoms with Gasteiger partial charge in [0.15, 0.2) is 0 Å². The monoisotopic (exact) mass is 262 g/mol. The van der Waals surface area contributed by atoms with Crippen molar-refractivity contribution in [3.8, 4) is 0 Å². The molecular formula is C14H22N4O. The first kappa shape index (κ1) is 12.7. The second-order valence-corrected chi connectivity index (χ2v) is 6.01. The smallest absolute Gasteiger partial charge is 0.269 e. The fourth-order valence-corrected chi connectivity index (χ4v) is 2.94. The molecule has 2 heterocycles. The average Bonchev–Trinajstić information content (AvgIpc) is 2.78. The molecule has 0 unspecified atom stereocenters. The molecule has 0 spiro atoms. The predicted molar refractivity (Wildman–Crippen MR) is 72.9 cm³/mol. The Morgan fingerprint density at radius 3 is 2.74 bits per heavy atom. The number of carbonyl (C=O) groups excluding carboxylic acids is 1. The zero-order valence-electron chi connectivity index (χ0n) is 11.6. The standard InChI is InChI=1S/C14H22N4O/c1-17-12(4-7-16-17)13(19)15-10-14(5-6-14)11-18-8-2-3-9-18/h4,7H,2-3,5-6,8-11H2,1H3,(H,15,19). The molecule has 1 amide bonds. The largest absolute Gasteiger partial charge is 0.350 e. The molecule has 1 saturated carbocycles. The highest BCUT2D eigenvalue weighted by atomic mass is 16.2. The van der Waals surface area contributed by atoms with Gasteiger partial charge in [0, 0.05) is 31.7 Å². The van der Waals surface area contributed by atoms with Crippen molar-refractivity contribution in [2.24, 2.45) is 12.5 Å². The summed E-state index contributed by atoms with van der Waals surface area (Å²) in [7, 11) is 1.80. The van der Waals surface area contributed by atoms with E-state index in [4.69, 9.17) is 0 Å². The van der Waals surface area contributed by atoms with Crippen LogP contribution in [0.5, 0.6) is 0 Å². The zero-order valence-corrected chi connectivity index (χ0v) is 11.6. The van der Waals surface area contributed by atoms with Gasteiger partial charge >= 0.3 is 0 Å². The lowest BCUT2D eigenvalue weighted by atomic mass is 10.1. The van der Waals surface area contributed by atoms with Gasteiger partial charge in [0.2, 0.25) is 0 Å². The third-order valence-electron chi connectivity index (χ3n) is 4.39. The summed E-state index contributed by atoms with van der Waals surface area (Å²) in [4.78, 5) is 14.6. The number of nitrogens with zero attached hydrogens (tertiary/aromatic N) is 3. The molecule has 0 radical (unpaired) electrons. The van der Waals surface area contributed by atoms with Crippen LogP contribution in [0.1, 0.15) is 36.2 Å². The number of aryl methyl sites for hydroxylation is 1. The van der Waals surface area contributed by atoms with Gasteiger partial charge in [-0.1, -0.05) is 0 Å². The van der Waals surface area contributed by atoms with Crippen LogP contribution in [0.3, 0.4) is 0 Å². The number of likely N-dealkylation sites (tertiary alicyclic amines) is 1. The van der Waals surface area contributed by atoms with Crippen molar-refractivity contribution in [3.63, 3.8) is 0 Å². The summed E-state index contributed by atoms with van der Waals surface area (Å²) >= 11 is 0. The van der Waals surface area contributed by atoms with Gasteiger partial charge < -0.3 is 10.2 Å². The summed E-state index contributed by atoms with van der Waals surface area (Å²) in [5, 5.41) is 7.10. The Morgan fingerprint density at radius 1 is 1.42 bits per heavy atom. The van der Waals surface area contributed by atoms with Gasteiger partial charge in [0.25, 0.3) is 5.91 Å². The Hall–Kier alpha value is -1.36. The van der Waals surface area contributed by atoms with Crippen LogP contribution in [0, 0.1) is 5.41 Å². The number of rotatable bonds is 5. The van der Waals surface area contributed by atoms with Crippen molar-refractivity contribution in [2.75, 3.05) is 26.2 Å². The summed E-state index contributed by atoms with van der Waals surface area (Å²) in [6.07, 6.45) is 6.81. The van der Waals surface area contributed by atoms with Crippen molar-refractivity contribution < 1.29 is 4.79 Å². The third-order valence-corrected chi connectivity index (χ3v) is 4.39. The molecule has 3 rings (SSSR count). The molecule has 1 saturated heterocycles. The van der Waals surface area contributed by atoms with Crippen LogP contribution >= 0.6 is 0 Å². The van der Waals surface area contributed by atoms with Crippen LogP contribution in [0.15, 0.2) is 12.3 Å². The second-order valence-electron chi connectivity index (χ2n) is 6.01. The van der Waals surface area contributed by atoms with Gasteiger partial charge in [0.05, 0.1) is 0 Å². The minimum absolute atomic E-state index is 0.00676. The van der Waals surface area contributed by atoms with E-state index in [2.05, 4.69) is 15.3 Å². The van der Waals surface area contributed by atoms with Gasteiger partial charge in [-0.3, -0.25) is 9.48 Å².